The van der Waals surface area contributed by atoms with E-state index in [0.29, 0.717) is 0 Å². The Morgan fingerprint density at radius 3 is 2.68 bits per heavy atom. The van der Waals surface area contributed by atoms with Crippen LogP contribution in [-0.2, 0) is 0 Å². The Bertz CT molecular complexity index is 513. The van der Waals surface area contributed by atoms with Crippen molar-refractivity contribution >= 4 is 5.91 Å². The third-order valence-corrected chi connectivity index (χ3v) is 2.58. The minimum atomic E-state index is -3.43. The molecule has 19 heavy (non-hydrogen) atoms. The van der Waals surface area contributed by atoms with Crippen LogP contribution in [0.3, 0.4) is 0 Å². The molecule has 0 radical (unpaired) electrons. The maximum Gasteiger partial charge on any atom is 0.310 e. The van der Waals surface area contributed by atoms with E-state index in [2.05, 4.69) is 4.42 Å². The quantitative estimate of drug-likeness (QED) is 0.809. The second kappa shape index (κ2) is 4.57. The van der Waals surface area contributed by atoms with Crippen molar-refractivity contribution in [1.29, 1.82) is 0 Å². The molecular weight excluding hydrogens is 272 g/mol. The predicted molar refractivity (Wildman–Crippen MR) is 52.8 cm³/mol. The normalized spacial score (nSPS) is 22.8. The maximum absolute atomic E-state index is 12.8. The highest BCUT2D eigenvalue weighted by atomic mass is 19.3. The number of halogens is 4. The van der Waals surface area contributed by atoms with Gasteiger partial charge in [0, 0.05) is 0 Å². The first-order valence-electron chi connectivity index (χ1n) is 5.05. The Kier molecular flexibility index (Phi) is 3.23. The van der Waals surface area contributed by atoms with Gasteiger partial charge in [-0.2, -0.15) is 8.78 Å². The van der Waals surface area contributed by atoms with E-state index in [1.54, 1.807) is 5.43 Å². The number of carbonyl (C=O) groups excluding carboxylic acids is 1. The van der Waals surface area contributed by atoms with Crippen LogP contribution in [0.1, 0.15) is 17.0 Å². The summed E-state index contributed by atoms with van der Waals surface area (Å²) >= 11 is 0. The number of rotatable bonds is 2. The van der Waals surface area contributed by atoms with Crippen LogP contribution in [0.25, 0.3) is 0 Å². The van der Waals surface area contributed by atoms with E-state index in [1.165, 1.54) is 6.07 Å². The monoisotopic (exact) mass is 280 g/mol. The van der Waals surface area contributed by atoms with Gasteiger partial charge in [-0.25, -0.2) is 13.8 Å². The number of carbonyl (C=O) groups is 1. The highest BCUT2D eigenvalue weighted by molar-refractivity contribution is 5.92. The van der Waals surface area contributed by atoms with Crippen LogP contribution in [0.4, 0.5) is 17.6 Å². The van der Waals surface area contributed by atoms with Crippen LogP contribution in [0.5, 0.6) is 0 Å². The topological polar surface area (TPSA) is 65.7 Å². The molecule has 0 aromatic carbocycles. The molecular formula is C10H8F4N2O3. The van der Waals surface area contributed by atoms with Crippen molar-refractivity contribution in [2.24, 2.45) is 0 Å². The van der Waals surface area contributed by atoms with Crippen molar-refractivity contribution < 1.29 is 31.9 Å². The Labute approximate surface area is 104 Å². The van der Waals surface area contributed by atoms with Crippen LogP contribution >= 0.6 is 0 Å². The lowest BCUT2D eigenvalue weighted by Gasteiger charge is -2.30. The second-order valence-corrected chi connectivity index (χ2v) is 3.82. The zero-order valence-corrected chi connectivity index (χ0v) is 9.24. The number of nitrogens with one attached hydrogen (secondary N) is 1. The molecule has 9 heteroatoms. The summed E-state index contributed by atoms with van der Waals surface area (Å²) in [6.45, 7) is 0. The van der Waals surface area contributed by atoms with Gasteiger partial charge in [0.1, 0.15) is 5.70 Å². The minimum absolute atomic E-state index is 0.0466. The maximum atomic E-state index is 12.8. The molecule has 0 saturated carbocycles. The summed E-state index contributed by atoms with van der Waals surface area (Å²) in [4.78, 5) is 11.8. The molecule has 0 aliphatic carbocycles. The van der Waals surface area contributed by atoms with Crippen molar-refractivity contribution in [3.05, 3.63) is 35.9 Å². The molecule has 0 bridgehead atoms. The highest BCUT2D eigenvalue weighted by Crippen LogP contribution is 2.35. The molecule has 1 atom stereocenters. The lowest BCUT2D eigenvalue weighted by molar-refractivity contribution is -0.168. The van der Waals surface area contributed by atoms with Crippen molar-refractivity contribution in [3.63, 3.8) is 0 Å². The molecule has 5 nitrogen and oxygen atoms in total. The molecule has 1 amide bonds. The molecule has 0 spiro atoms. The minimum Gasteiger partial charge on any atom is -0.459 e. The van der Waals surface area contributed by atoms with Gasteiger partial charge in [-0.1, -0.05) is 0 Å². The summed E-state index contributed by atoms with van der Waals surface area (Å²) in [6, 6.07) is 2.47. The molecule has 1 saturated heterocycles. The molecule has 1 aromatic rings. The van der Waals surface area contributed by atoms with Crippen LogP contribution in [0, 0.1) is 0 Å². The summed E-state index contributed by atoms with van der Waals surface area (Å²) in [7, 11) is 0. The molecule has 2 N–H and O–H groups in total. The number of nitrogens with zero attached hydrogens (tertiary/aromatic N) is 1. The molecule has 2 rings (SSSR count). The average Bonchev–Trinajstić information content (AvgIpc) is 2.95. The van der Waals surface area contributed by atoms with Crippen molar-refractivity contribution in [2.75, 3.05) is 0 Å². The van der Waals surface area contributed by atoms with Crippen LogP contribution < -0.4 is 5.43 Å². The Balaban J connectivity index is 2.37. The van der Waals surface area contributed by atoms with E-state index in [9.17, 15) is 27.5 Å². The fourth-order valence-corrected chi connectivity index (χ4v) is 1.63. The number of aliphatic hydroxyl groups is 1. The smallest absolute Gasteiger partial charge is 0.310 e. The van der Waals surface area contributed by atoms with E-state index in [-0.39, 0.29) is 10.8 Å². The molecule has 1 aliphatic heterocycles. The van der Waals surface area contributed by atoms with Gasteiger partial charge in [-0.3, -0.25) is 10.2 Å². The summed E-state index contributed by atoms with van der Waals surface area (Å²) < 4.78 is 55.2. The number of amides is 1. The SMILES string of the molecule is O=C(c1ccco1)N1NC(=C(F)F)CC1(O)C(F)F. The van der Waals surface area contributed by atoms with Crippen molar-refractivity contribution in [2.45, 2.75) is 18.6 Å². The van der Waals surface area contributed by atoms with Gasteiger partial charge in [0.15, 0.2) is 5.76 Å². The number of furan rings is 1. The summed E-state index contributed by atoms with van der Waals surface area (Å²) in [5.41, 5.74) is -2.22. The van der Waals surface area contributed by atoms with Crippen molar-refractivity contribution in [3.8, 4) is 0 Å². The molecule has 1 fully saturated rings. The Morgan fingerprint density at radius 2 is 2.21 bits per heavy atom. The molecule has 104 valence electrons. The fraction of sp³-hybridized carbons (Fsp3) is 0.300. The predicted octanol–water partition coefficient (Wildman–Crippen LogP) is 1.69. The van der Waals surface area contributed by atoms with Gasteiger partial charge in [0.05, 0.1) is 12.7 Å². The standard InChI is InChI=1S/C10H8F4N2O3/c11-7(12)5-4-10(18,9(13)14)16(15-5)8(17)6-2-1-3-19-6/h1-3,9,15,18H,4H2. The van der Waals surface area contributed by atoms with E-state index >= 15 is 0 Å². The lowest BCUT2D eigenvalue weighted by atomic mass is 10.1. The number of hydrogen-bond donors (Lipinski definition) is 2. The van der Waals surface area contributed by atoms with Gasteiger partial charge in [-0.15, -0.1) is 0 Å². The molecule has 1 aromatic heterocycles. The van der Waals surface area contributed by atoms with Gasteiger partial charge < -0.3 is 9.52 Å². The van der Waals surface area contributed by atoms with E-state index < -0.39 is 36.3 Å². The Hall–Kier alpha value is -2.03. The van der Waals surface area contributed by atoms with Crippen molar-refractivity contribution in [1.82, 2.24) is 10.4 Å². The fourth-order valence-electron chi connectivity index (χ4n) is 1.63. The van der Waals surface area contributed by atoms with E-state index in [1.807, 2.05) is 0 Å². The van der Waals surface area contributed by atoms with Gasteiger partial charge in [0.25, 0.3) is 12.5 Å². The Morgan fingerprint density at radius 1 is 1.53 bits per heavy atom. The third kappa shape index (κ3) is 2.16. The highest BCUT2D eigenvalue weighted by Gasteiger charge is 2.53. The lowest BCUT2D eigenvalue weighted by Crippen LogP contribution is -2.55. The first-order valence-corrected chi connectivity index (χ1v) is 5.05. The van der Waals surface area contributed by atoms with E-state index in [4.69, 9.17) is 0 Å². The molecule has 2 heterocycles. The summed E-state index contributed by atoms with van der Waals surface area (Å²) in [6.07, 6.45) is -5.71. The summed E-state index contributed by atoms with van der Waals surface area (Å²) in [5, 5.41) is 9.75. The number of alkyl halides is 2. The number of hydrogen-bond acceptors (Lipinski definition) is 4. The zero-order valence-electron chi connectivity index (χ0n) is 9.24. The van der Waals surface area contributed by atoms with Gasteiger partial charge in [-0.05, 0) is 12.1 Å². The van der Waals surface area contributed by atoms with Crippen LogP contribution in [-0.4, -0.2) is 28.2 Å². The zero-order chi connectivity index (χ0) is 14.2. The van der Waals surface area contributed by atoms with Gasteiger partial charge in [0.2, 0.25) is 5.72 Å². The first kappa shape index (κ1) is 13.4. The van der Waals surface area contributed by atoms with Crippen LogP contribution in [0.2, 0.25) is 0 Å². The molecule has 1 aliphatic rings. The summed E-state index contributed by atoms with van der Waals surface area (Å²) in [5.74, 6) is -1.55. The second-order valence-electron chi connectivity index (χ2n) is 3.82. The van der Waals surface area contributed by atoms with Crippen LogP contribution in [0.15, 0.2) is 34.6 Å². The van der Waals surface area contributed by atoms with E-state index in [0.717, 1.165) is 12.3 Å². The average molecular weight is 280 g/mol. The third-order valence-electron chi connectivity index (χ3n) is 2.58. The largest absolute Gasteiger partial charge is 0.459 e. The van der Waals surface area contributed by atoms with Gasteiger partial charge >= 0.3 is 5.91 Å². The molecule has 1 unspecified atom stereocenters. The number of hydrazine groups is 1. The first-order chi connectivity index (χ1) is 8.86.